The molecule has 8 nitrogen and oxygen atoms in total. The number of urea groups is 2. The van der Waals surface area contributed by atoms with E-state index in [9.17, 15) is 14.4 Å². The number of piperidine rings is 1. The molecule has 3 aliphatic heterocycles. The predicted octanol–water partition coefficient (Wildman–Crippen LogP) is 2.80. The fraction of sp³-hybridized carbons (Fsp3) is 0.591. The summed E-state index contributed by atoms with van der Waals surface area (Å²) >= 11 is 5.91. The van der Waals surface area contributed by atoms with Gasteiger partial charge in [-0.15, -0.1) is 0 Å². The van der Waals surface area contributed by atoms with E-state index in [4.69, 9.17) is 11.6 Å². The monoisotopic (exact) mass is 447 g/mol. The first kappa shape index (κ1) is 21.7. The molecule has 0 radical (unpaired) electrons. The van der Waals surface area contributed by atoms with Crippen molar-refractivity contribution in [3.05, 3.63) is 29.3 Å². The molecule has 0 saturated carbocycles. The van der Waals surface area contributed by atoms with Crippen LogP contribution in [0.1, 0.15) is 19.8 Å². The molecule has 0 aliphatic carbocycles. The number of rotatable bonds is 2. The number of nitrogens with one attached hydrogen (secondary N) is 1. The number of anilines is 1. The minimum atomic E-state index is -0.283. The second kappa shape index (κ2) is 8.22. The zero-order valence-electron chi connectivity index (χ0n) is 18.3. The van der Waals surface area contributed by atoms with E-state index in [2.05, 4.69) is 5.32 Å². The number of nitrogens with zero attached hydrogens (tertiary/aromatic N) is 4. The number of fused-ring (bicyclic) bond motifs is 2. The molecule has 0 unspecified atom stereocenters. The molecular weight excluding hydrogens is 418 g/mol. The molecule has 1 aromatic rings. The van der Waals surface area contributed by atoms with Gasteiger partial charge >= 0.3 is 12.1 Å². The molecule has 1 spiro atoms. The Labute approximate surface area is 188 Å². The Kier molecular flexibility index (Phi) is 5.77. The quantitative estimate of drug-likeness (QED) is 0.757. The van der Waals surface area contributed by atoms with E-state index in [1.54, 1.807) is 43.3 Å². The van der Waals surface area contributed by atoms with Crippen molar-refractivity contribution in [1.82, 2.24) is 19.6 Å². The minimum Gasteiger partial charge on any atom is -0.336 e. The van der Waals surface area contributed by atoms with E-state index < -0.39 is 0 Å². The maximum atomic E-state index is 13.2. The summed E-state index contributed by atoms with van der Waals surface area (Å²) in [6.45, 7) is 4.91. The van der Waals surface area contributed by atoms with Gasteiger partial charge in [-0.05, 0) is 44.0 Å². The lowest BCUT2D eigenvalue weighted by atomic mass is 9.75. The van der Waals surface area contributed by atoms with Gasteiger partial charge in [0.25, 0.3) is 0 Å². The number of halogens is 1. The van der Waals surface area contributed by atoms with Crippen molar-refractivity contribution < 1.29 is 14.4 Å². The highest BCUT2D eigenvalue weighted by molar-refractivity contribution is 6.30. The van der Waals surface area contributed by atoms with Crippen LogP contribution in [0.15, 0.2) is 24.3 Å². The summed E-state index contributed by atoms with van der Waals surface area (Å²) in [5.74, 6) is 0.129. The molecule has 3 fully saturated rings. The van der Waals surface area contributed by atoms with Crippen LogP contribution in [0, 0.1) is 11.8 Å². The van der Waals surface area contributed by atoms with E-state index in [-0.39, 0.29) is 35.3 Å². The van der Waals surface area contributed by atoms with Crippen molar-refractivity contribution >= 4 is 35.3 Å². The topological polar surface area (TPSA) is 76.2 Å². The van der Waals surface area contributed by atoms with Gasteiger partial charge < -0.3 is 24.9 Å². The molecule has 168 valence electrons. The van der Waals surface area contributed by atoms with Crippen LogP contribution in [0.2, 0.25) is 5.02 Å². The maximum Gasteiger partial charge on any atom is 0.321 e. The van der Waals surface area contributed by atoms with Gasteiger partial charge in [-0.1, -0.05) is 11.6 Å². The van der Waals surface area contributed by atoms with E-state index in [0.717, 1.165) is 12.8 Å². The van der Waals surface area contributed by atoms with Crippen LogP contribution >= 0.6 is 11.6 Å². The van der Waals surface area contributed by atoms with Crippen molar-refractivity contribution in [2.24, 2.45) is 11.8 Å². The summed E-state index contributed by atoms with van der Waals surface area (Å²) in [5, 5.41) is 3.54. The molecule has 5 amide bonds. The summed E-state index contributed by atoms with van der Waals surface area (Å²) < 4.78 is 0. The maximum absolute atomic E-state index is 13.2. The van der Waals surface area contributed by atoms with Gasteiger partial charge in [0.1, 0.15) is 0 Å². The van der Waals surface area contributed by atoms with Crippen LogP contribution in [0.3, 0.4) is 0 Å². The first-order chi connectivity index (χ1) is 14.8. The Morgan fingerprint density at radius 2 is 1.77 bits per heavy atom. The van der Waals surface area contributed by atoms with Gasteiger partial charge in [0.15, 0.2) is 0 Å². The standard InChI is InChI=1S/C22H30ClN5O3/c1-4-28-19(29)17-13-27(21(31)25(2)3)14-18(17)22(28)9-11-26(12-10-22)20(30)24-16-7-5-15(23)6-8-16/h5-8,17-18H,4,9-14H2,1-3H3,(H,24,30)/t17-,18+/m1/s1. The highest BCUT2D eigenvalue weighted by atomic mass is 35.5. The molecular formula is C22H30ClN5O3. The summed E-state index contributed by atoms with van der Waals surface area (Å²) in [5.41, 5.74) is 0.421. The lowest BCUT2D eigenvalue weighted by Crippen LogP contribution is -2.58. The first-order valence-corrected chi connectivity index (χ1v) is 11.2. The van der Waals surface area contributed by atoms with Crippen LogP contribution in [-0.4, -0.2) is 89.9 Å². The van der Waals surface area contributed by atoms with Crippen molar-refractivity contribution in [2.75, 3.05) is 52.1 Å². The van der Waals surface area contributed by atoms with Crippen molar-refractivity contribution in [1.29, 1.82) is 0 Å². The molecule has 9 heteroatoms. The Morgan fingerprint density at radius 3 is 2.35 bits per heavy atom. The number of amides is 5. The van der Waals surface area contributed by atoms with Crippen molar-refractivity contribution in [2.45, 2.75) is 25.3 Å². The van der Waals surface area contributed by atoms with Crippen molar-refractivity contribution in [3.8, 4) is 0 Å². The molecule has 4 rings (SSSR count). The first-order valence-electron chi connectivity index (χ1n) is 10.9. The average Bonchev–Trinajstić information content (AvgIpc) is 3.28. The van der Waals surface area contributed by atoms with Gasteiger partial charge in [0.2, 0.25) is 5.91 Å². The van der Waals surface area contributed by atoms with Gasteiger partial charge in [0, 0.05) is 63.4 Å². The van der Waals surface area contributed by atoms with Crippen molar-refractivity contribution in [3.63, 3.8) is 0 Å². The molecule has 1 N–H and O–H groups in total. The second-order valence-corrected chi connectivity index (χ2v) is 9.34. The molecule has 1 aromatic carbocycles. The Morgan fingerprint density at radius 1 is 1.13 bits per heavy atom. The smallest absolute Gasteiger partial charge is 0.321 e. The van der Waals surface area contributed by atoms with E-state index in [0.29, 0.717) is 43.4 Å². The molecule has 3 heterocycles. The lowest BCUT2D eigenvalue weighted by Gasteiger charge is -2.47. The SMILES string of the molecule is CCN1C(=O)[C@@H]2CN(C(=O)N(C)C)C[C@@H]2C12CCN(C(=O)Nc1ccc(Cl)cc1)CC2. The molecule has 3 saturated heterocycles. The number of hydrogen-bond donors (Lipinski definition) is 1. The third-order valence-electron chi connectivity index (χ3n) is 7.11. The highest BCUT2D eigenvalue weighted by Crippen LogP contribution is 2.49. The van der Waals surface area contributed by atoms with E-state index >= 15 is 0 Å². The van der Waals surface area contributed by atoms with Crippen LogP contribution in [0.5, 0.6) is 0 Å². The van der Waals surface area contributed by atoms with Gasteiger partial charge in [-0.25, -0.2) is 9.59 Å². The molecule has 3 aliphatic rings. The molecule has 0 bridgehead atoms. The van der Waals surface area contributed by atoms with Gasteiger partial charge in [0.05, 0.1) is 11.5 Å². The number of carbonyl (C=O) groups is 3. The lowest BCUT2D eigenvalue weighted by molar-refractivity contribution is -0.135. The van der Waals surface area contributed by atoms with Gasteiger partial charge in [-0.2, -0.15) is 0 Å². The Hall–Kier alpha value is -2.48. The summed E-state index contributed by atoms with van der Waals surface area (Å²) in [7, 11) is 3.48. The van der Waals surface area contributed by atoms with Crippen LogP contribution in [0.25, 0.3) is 0 Å². The zero-order valence-corrected chi connectivity index (χ0v) is 19.1. The number of benzene rings is 1. The number of hydrogen-bond acceptors (Lipinski definition) is 3. The molecule has 31 heavy (non-hydrogen) atoms. The summed E-state index contributed by atoms with van der Waals surface area (Å²) in [6.07, 6.45) is 1.46. The molecule has 2 atom stereocenters. The van der Waals surface area contributed by atoms with Crippen LogP contribution < -0.4 is 5.32 Å². The molecule has 0 aromatic heterocycles. The summed E-state index contributed by atoms with van der Waals surface area (Å²) in [4.78, 5) is 45.6. The second-order valence-electron chi connectivity index (χ2n) is 8.91. The average molecular weight is 448 g/mol. The summed E-state index contributed by atoms with van der Waals surface area (Å²) in [6, 6.07) is 6.86. The minimum absolute atomic E-state index is 0.0415. The van der Waals surface area contributed by atoms with Crippen LogP contribution in [0.4, 0.5) is 15.3 Å². The largest absolute Gasteiger partial charge is 0.336 e. The number of carbonyl (C=O) groups excluding carboxylic acids is 3. The zero-order chi connectivity index (χ0) is 22.3. The Bertz CT molecular complexity index is 866. The van der Waals surface area contributed by atoms with Crippen LogP contribution in [-0.2, 0) is 4.79 Å². The number of likely N-dealkylation sites (tertiary alicyclic amines) is 3. The fourth-order valence-electron chi connectivity index (χ4n) is 5.60. The third kappa shape index (κ3) is 3.71. The Balaban J connectivity index is 1.46. The third-order valence-corrected chi connectivity index (χ3v) is 7.36. The fourth-order valence-corrected chi connectivity index (χ4v) is 5.73. The van der Waals surface area contributed by atoms with Gasteiger partial charge in [-0.3, -0.25) is 4.79 Å². The predicted molar refractivity (Wildman–Crippen MR) is 119 cm³/mol. The highest BCUT2D eigenvalue weighted by Gasteiger charge is 2.62. The van der Waals surface area contributed by atoms with E-state index in [1.165, 1.54) is 0 Å². The van der Waals surface area contributed by atoms with E-state index in [1.807, 2.05) is 21.6 Å². The normalized spacial score (nSPS) is 24.5.